The molecule has 2 heteroatoms. The average Bonchev–Trinajstić information content (AvgIpc) is 2.01. The molecular formula is C11H14NSi. The molecule has 0 aliphatic heterocycles. The van der Waals surface area contributed by atoms with Crippen LogP contribution in [-0.2, 0) is 0 Å². The van der Waals surface area contributed by atoms with Crippen molar-refractivity contribution in [3.05, 3.63) is 29.8 Å². The van der Waals surface area contributed by atoms with E-state index in [1.807, 2.05) is 12.1 Å². The van der Waals surface area contributed by atoms with E-state index in [1.165, 1.54) is 0 Å². The van der Waals surface area contributed by atoms with Gasteiger partial charge in [-0.05, 0) is 18.2 Å². The molecule has 1 radical (unpaired) electrons. The van der Waals surface area contributed by atoms with Gasteiger partial charge in [0.1, 0.15) is 8.07 Å². The first-order chi connectivity index (χ1) is 5.99. The highest BCUT2D eigenvalue weighted by Gasteiger charge is 2.07. The Morgan fingerprint density at radius 2 is 2.08 bits per heavy atom. The van der Waals surface area contributed by atoms with E-state index in [4.69, 9.17) is 5.73 Å². The summed E-state index contributed by atoms with van der Waals surface area (Å²) in [5.74, 6) is 3.11. The first kappa shape index (κ1) is 9.88. The van der Waals surface area contributed by atoms with Crippen molar-refractivity contribution in [2.75, 3.05) is 5.73 Å². The molecule has 0 aliphatic rings. The third-order valence-corrected chi connectivity index (χ3v) is 2.34. The molecule has 0 aromatic heterocycles. The highest BCUT2D eigenvalue weighted by Crippen LogP contribution is 2.08. The van der Waals surface area contributed by atoms with Crippen LogP contribution in [0.5, 0.6) is 0 Å². The zero-order valence-corrected chi connectivity index (χ0v) is 9.31. The summed E-state index contributed by atoms with van der Waals surface area (Å²) < 4.78 is 0. The van der Waals surface area contributed by atoms with Gasteiger partial charge in [0.25, 0.3) is 0 Å². The zero-order valence-electron chi connectivity index (χ0n) is 8.31. The molecule has 1 rings (SSSR count). The van der Waals surface area contributed by atoms with E-state index >= 15 is 0 Å². The molecule has 0 aliphatic carbocycles. The minimum atomic E-state index is -1.29. The number of benzene rings is 1. The molecule has 2 N–H and O–H groups in total. The number of rotatable bonds is 0. The van der Waals surface area contributed by atoms with Crippen molar-refractivity contribution in [2.45, 2.75) is 19.6 Å². The van der Waals surface area contributed by atoms with E-state index in [9.17, 15) is 0 Å². The molecule has 0 amide bonds. The lowest BCUT2D eigenvalue weighted by Gasteiger charge is -2.03. The fourth-order valence-corrected chi connectivity index (χ4v) is 1.32. The van der Waals surface area contributed by atoms with Crippen LogP contribution in [0.1, 0.15) is 5.56 Å². The molecule has 1 nitrogen and oxygen atoms in total. The quantitative estimate of drug-likeness (QED) is 0.377. The van der Waals surface area contributed by atoms with E-state index in [2.05, 4.69) is 37.2 Å². The van der Waals surface area contributed by atoms with Crippen molar-refractivity contribution in [2.24, 2.45) is 0 Å². The van der Waals surface area contributed by atoms with Crippen LogP contribution in [0, 0.1) is 17.5 Å². The minimum Gasteiger partial charge on any atom is -0.398 e. The molecule has 0 unspecified atom stereocenters. The van der Waals surface area contributed by atoms with Crippen molar-refractivity contribution in [1.29, 1.82) is 0 Å². The summed E-state index contributed by atoms with van der Waals surface area (Å²) in [7, 11) is -1.29. The number of nitrogen functional groups attached to an aromatic ring is 1. The van der Waals surface area contributed by atoms with Crippen LogP contribution in [0.25, 0.3) is 0 Å². The van der Waals surface area contributed by atoms with E-state index in [1.54, 1.807) is 6.07 Å². The number of hydrogen-bond acceptors (Lipinski definition) is 1. The third-order valence-electron chi connectivity index (χ3n) is 1.47. The number of hydrogen-bond donors (Lipinski definition) is 1. The first-order valence-corrected chi connectivity index (χ1v) is 7.78. The van der Waals surface area contributed by atoms with Gasteiger partial charge in [-0.3, -0.25) is 0 Å². The average molecular weight is 188 g/mol. The molecule has 0 heterocycles. The molecule has 0 saturated carbocycles. The molecule has 0 bridgehead atoms. The molecule has 13 heavy (non-hydrogen) atoms. The van der Waals surface area contributed by atoms with Crippen LogP contribution in [0.2, 0.25) is 19.6 Å². The highest BCUT2D eigenvalue weighted by molar-refractivity contribution is 6.83. The van der Waals surface area contributed by atoms with E-state index in [-0.39, 0.29) is 0 Å². The Morgan fingerprint density at radius 1 is 1.38 bits per heavy atom. The standard InChI is InChI=1S/C11H14NSi/c1-13(2,3)9-8-10-6-4-5-7-11(10)12/h5-7H,12H2,1-3H3. The van der Waals surface area contributed by atoms with Gasteiger partial charge in [-0.15, -0.1) is 5.54 Å². The van der Waals surface area contributed by atoms with Crippen molar-refractivity contribution in [3.8, 4) is 11.5 Å². The van der Waals surface area contributed by atoms with Gasteiger partial charge in [0, 0.05) is 11.3 Å². The summed E-state index contributed by atoms with van der Waals surface area (Å²) in [5.41, 5.74) is 10.6. The molecule has 0 fully saturated rings. The lowest BCUT2D eigenvalue weighted by Crippen LogP contribution is -2.16. The smallest absolute Gasteiger partial charge is 0.129 e. The molecule has 1 aromatic carbocycles. The van der Waals surface area contributed by atoms with Crippen LogP contribution in [0.4, 0.5) is 5.69 Å². The summed E-state index contributed by atoms with van der Waals surface area (Å²) in [6, 6.07) is 8.44. The van der Waals surface area contributed by atoms with Crippen molar-refractivity contribution in [3.63, 3.8) is 0 Å². The Kier molecular flexibility index (Phi) is 2.79. The van der Waals surface area contributed by atoms with Crippen molar-refractivity contribution < 1.29 is 0 Å². The lowest BCUT2D eigenvalue weighted by molar-refractivity contribution is 1.62. The summed E-state index contributed by atoms with van der Waals surface area (Å²) in [4.78, 5) is 0. The maximum Gasteiger partial charge on any atom is 0.129 e. The van der Waals surface area contributed by atoms with E-state index in [0.717, 1.165) is 11.3 Å². The van der Waals surface area contributed by atoms with Crippen LogP contribution in [0.15, 0.2) is 18.2 Å². The second kappa shape index (κ2) is 3.67. The molecule has 0 spiro atoms. The minimum absolute atomic E-state index is 0.740. The normalized spacial score (nSPS) is 10.4. The van der Waals surface area contributed by atoms with Gasteiger partial charge in [-0.25, -0.2) is 0 Å². The van der Waals surface area contributed by atoms with Gasteiger partial charge >= 0.3 is 0 Å². The van der Waals surface area contributed by atoms with Gasteiger partial charge in [-0.1, -0.05) is 31.6 Å². The fraction of sp³-hybridized carbons (Fsp3) is 0.273. The molecule has 0 atom stereocenters. The third kappa shape index (κ3) is 3.35. The summed E-state index contributed by atoms with van der Waals surface area (Å²) in [5, 5.41) is 0. The van der Waals surface area contributed by atoms with Crippen LogP contribution < -0.4 is 5.73 Å². The van der Waals surface area contributed by atoms with Crippen LogP contribution in [-0.4, -0.2) is 8.07 Å². The molecule has 1 aromatic rings. The fourth-order valence-electron chi connectivity index (χ4n) is 0.806. The van der Waals surface area contributed by atoms with Gasteiger partial charge < -0.3 is 5.73 Å². The van der Waals surface area contributed by atoms with Gasteiger partial charge in [0.2, 0.25) is 0 Å². The second-order valence-corrected chi connectivity index (χ2v) is 8.76. The van der Waals surface area contributed by atoms with Gasteiger partial charge in [0.05, 0.1) is 0 Å². The van der Waals surface area contributed by atoms with Crippen molar-refractivity contribution >= 4 is 13.8 Å². The Labute approximate surface area is 81.0 Å². The largest absolute Gasteiger partial charge is 0.398 e. The van der Waals surface area contributed by atoms with Crippen LogP contribution in [0.3, 0.4) is 0 Å². The number of nitrogens with two attached hydrogens (primary N) is 1. The Morgan fingerprint density at radius 3 is 2.62 bits per heavy atom. The summed E-state index contributed by atoms with van der Waals surface area (Å²) >= 11 is 0. The zero-order chi connectivity index (χ0) is 9.90. The van der Waals surface area contributed by atoms with Gasteiger partial charge in [-0.2, -0.15) is 0 Å². The molecule has 67 valence electrons. The first-order valence-electron chi connectivity index (χ1n) is 4.28. The Bertz CT molecular complexity index is 352. The predicted molar refractivity (Wildman–Crippen MR) is 59.9 cm³/mol. The van der Waals surface area contributed by atoms with E-state index < -0.39 is 8.07 Å². The summed E-state index contributed by atoms with van der Waals surface area (Å²) in [6.45, 7) is 6.63. The predicted octanol–water partition coefficient (Wildman–Crippen LogP) is 2.30. The second-order valence-electron chi connectivity index (χ2n) is 4.01. The monoisotopic (exact) mass is 188 g/mol. The Balaban J connectivity index is 2.97. The van der Waals surface area contributed by atoms with Crippen molar-refractivity contribution in [1.82, 2.24) is 0 Å². The molecule has 0 saturated heterocycles. The SMILES string of the molecule is C[Si](C)(C)C#Cc1c[c]ccc1N. The lowest BCUT2D eigenvalue weighted by atomic mass is 10.2. The maximum atomic E-state index is 5.74. The van der Waals surface area contributed by atoms with Crippen LogP contribution >= 0.6 is 0 Å². The van der Waals surface area contributed by atoms with E-state index in [0.29, 0.717) is 0 Å². The Hall–Kier alpha value is -1.20. The summed E-state index contributed by atoms with van der Waals surface area (Å²) in [6.07, 6.45) is 0. The molecular weight excluding hydrogens is 174 g/mol. The number of anilines is 1. The van der Waals surface area contributed by atoms with Gasteiger partial charge in [0.15, 0.2) is 0 Å². The highest BCUT2D eigenvalue weighted by atomic mass is 28.3. The topological polar surface area (TPSA) is 26.0 Å². The maximum absolute atomic E-state index is 5.74.